The van der Waals surface area contributed by atoms with E-state index >= 15 is 0 Å². The van der Waals surface area contributed by atoms with E-state index in [0.29, 0.717) is 42.5 Å². The molecule has 1 fully saturated rings. The van der Waals surface area contributed by atoms with Crippen LogP contribution in [0.5, 0.6) is 5.75 Å². The van der Waals surface area contributed by atoms with Gasteiger partial charge in [0.25, 0.3) is 5.91 Å². The van der Waals surface area contributed by atoms with Crippen molar-refractivity contribution in [2.24, 2.45) is 0 Å². The number of carboxylic acid groups (broad SMARTS) is 1. The average Bonchev–Trinajstić information content (AvgIpc) is 3.09. The third-order valence-electron chi connectivity index (χ3n) is 5.41. The number of ether oxygens (including phenoxy) is 2. The molecule has 1 aliphatic heterocycles. The number of carbonyl (C=O) groups excluding carboxylic acids is 2. The summed E-state index contributed by atoms with van der Waals surface area (Å²) in [7, 11) is 0. The smallest absolute Gasteiger partial charge is 0.339 e. The third kappa shape index (κ3) is 6.12. The second-order valence-electron chi connectivity index (χ2n) is 7.75. The van der Waals surface area contributed by atoms with Crippen molar-refractivity contribution in [2.45, 2.75) is 39.2 Å². The molecule has 2 aromatic rings. The fraction of sp³-hybridized carbons (Fsp3) is 0.455. The van der Waals surface area contributed by atoms with Gasteiger partial charge < -0.3 is 29.8 Å². The highest BCUT2D eigenvalue weighted by molar-refractivity contribution is 6.44. The Morgan fingerprint density at radius 3 is 2.53 bits per heavy atom. The first kappa shape index (κ1) is 25.6. The van der Waals surface area contributed by atoms with Gasteiger partial charge in [-0.1, -0.05) is 30.1 Å². The van der Waals surface area contributed by atoms with Gasteiger partial charge in [-0.3, -0.25) is 9.59 Å². The van der Waals surface area contributed by atoms with Gasteiger partial charge in [-0.2, -0.15) is 0 Å². The van der Waals surface area contributed by atoms with Crippen LogP contribution in [-0.2, 0) is 9.53 Å². The van der Waals surface area contributed by atoms with Crippen molar-refractivity contribution in [3.8, 4) is 5.75 Å². The first-order chi connectivity index (χ1) is 16.2. The Morgan fingerprint density at radius 1 is 1.24 bits per heavy atom. The lowest BCUT2D eigenvalue weighted by Gasteiger charge is -2.33. The van der Waals surface area contributed by atoms with Crippen LogP contribution in [0.1, 0.15) is 52.7 Å². The lowest BCUT2D eigenvalue weighted by atomic mass is 10.0. The van der Waals surface area contributed by atoms with E-state index in [2.05, 4.69) is 15.3 Å². The van der Waals surface area contributed by atoms with Crippen LogP contribution in [0.25, 0.3) is 0 Å². The largest absolute Gasteiger partial charge is 0.488 e. The standard InChI is InChI=1S/C22H26Cl2N4O6/c1-3-17(29)34-9-8-33-15-11-25-16(10-14(15)22(31)32)28-6-4-13(5-7-28)27-21(30)20-19(24)18(23)12(2)26-20/h10-11,13,26H,3-9H2,1-2H3,(H,27,30)(H,31,32). The van der Waals surface area contributed by atoms with Crippen molar-refractivity contribution in [1.82, 2.24) is 15.3 Å². The summed E-state index contributed by atoms with van der Waals surface area (Å²) in [6, 6.07) is 1.38. The minimum atomic E-state index is -1.15. The molecule has 1 saturated heterocycles. The number of carboxylic acids is 1. The van der Waals surface area contributed by atoms with E-state index in [0.717, 1.165) is 0 Å². The summed E-state index contributed by atoms with van der Waals surface area (Å²) in [5.74, 6) is -1.23. The second kappa shape index (κ2) is 11.4. The van der Waals surface area contributed by atoms with Crippen LogP contribution in [0, 0.1) is 6.92 Å². The van der Waals surface area contributed by atoms with Gasteiger partial charge in [0.2, 0.25) is 0 Å². The predicted molar refractivity (Wildman–Crippen MR) is 126 cm³/mol. The zero-order chi connectivity index (χ0) is 24.8. The number of hydrogen-bond donors (Lipinski definition) is 3. The number of aromatic amines is 1. The maximum Gasteiger partial charge on any atom is 0.339 e. The molecule has 3 rings (SSSR count). The van der Waals surface area contributed by atoms with Crippen LogP contribution >= 0.6 is 23.2 Å². The zero-order valence-electron chi connectivity index (χ0n) is 18.8. The Balaban J connectivity index is 1.57. The SMILES string of the molecule is CCC(=O)OCCOc1cnc(N2CCC(NC(=O)c3[nH]c(C)c(Cl)c3Cl)CC2)cc1C(=O)O. The second-order valence-corrected chi connectivity index (χ2v) is 8.51. The van der Waals surface area contributed by atoms with E-state index in [1.807, 2.05) is 4.90 Å². The summed E-state index contributed by atoms with van der Waals surface area (Å²) in [6.45, 7) is 4.60. The van der Waals surface area contributed by atoms with Crippen molar-refractivity contribution < 1.29 is 29.0 Å². The normalized spacial score (nSPS) is 14.1. The highest BCUT2D eigenvalue weighted by Crippen LogP contribution is 2.29. The van der Waals surface area contributed by atoms with E-state index in [-0.39, 0.29) is 59.6 Å². The van der Waals surface area contributed by atoms with Crippen LogP contribution in [0.2, 0.25) is 10.0 Å². The fourth-order valence-electron chi connectivity index (χ4n) is 3.53. The number of nitrogens with one attached hydrogen (secondary N) is 2. The zero-order valence-corrected chi connectivity index (χ0v) is 20.3. The molecule has 2 aromatic heterocycles. The number of halogens is 2. The van der Waals surface area contributed by atoms with Crippen LogP contribution in [0.4, 0.5) is 5.82 Å². The van der Waals surface area contributed by atoms with Crippen LogP contribution in [-0.4, -0.2) is 65.3 Å². The maximum absolute atomic E-state index is 12.6. The average molecular weight is 513 g/mol. The molecule has 0 unspecified atom stereocenters. The van der Waals surface area contributed by atoms with E-state index in [1.54, 1.807) is 13.8 Å². The van der Waals surface area contributed by atoms with Crippen molar-refractivity contribution >= 4 is 46.9 Å². The lowest BCUT2D eigenvalue weighted by molar-refractivity contribution is -0.143. The van der Waals surface area contributed by atoms with Gasteiger partial charge in [0, 0.05) is 31.2 Å². The summed E-state index contributed by atoms with van der Waals surface area (Å²) < 4.78 is 10.4. The van der Waals surface area contributed by atoms with Crippen LogP contribution in [0.3, 0.4) is 0 Å². The van der Waals surface area contributed by atoms with E-state index in [1.165, 1.54) is 12.3 Å². The first-order valence-electron chi connectivity index (χ1n) is 10.8. The molecule has 1 amide bonds. The predicted octanol–water partition coefficient (Wildman–Crippen LogP) is 3.45. The number of hydrogen-bond acceptors (Lipinski definition) is 7. The molecule has 1 aliphatic rings. The highest BCUT2D eigenvalue weighted by Gasteiger charge is 2.25. The number of aromatic carboxylic acids is 1. The Hall–Kier alpha value is -2.98. The molecule has 0 bridgehead atoms. The first-order valence-corrected chi connectivity index (χ1v) is 11.6. The molecule has 0 aliphatic carbocycles. The van der Waals surface area contributed by atoms with Crippen LogP contribution in [0.15, 0.2) is 12.3 Å². The Morgan fingerprint density at radius 2 is 1.94 bits per heavy atom. The van der Waals surface area contributed by atoms with Crippen LogP contribution < -0.4 is 15.0 Å². The van der Waals surface area contributed by atoms with E-state index < -0.39 is 5.97 Å². The number of amides is 1. The minimum Gasteiger partial charge on any atom is -0.488 e. The number of anilines is 1. The van der Waals surface area contributed by atoms with Gasteiger partial charge in [-0.15, -0.1) is 0 Å². The molecular weight excluding hydrogens is 487 g/mol. The Kier molecular flexibility index (Phi) is 8.62. The van der Waals surface area contributed by atoms with Gasteiger partial charge in [0.1, 0.15) is 30.3 Å². The number of piperidine rings is 1. The van der Waals surface area contributed by atoms with E-state index in [9.17, 15) is 19.5 Å². The molecule has 3 N–H and O–H groups in total. The molecule has 0 atom stereocenters. The number of esters is 1. The molecule has 184 valence electrons. The fourth-order valence-corrected chi connectivity index (χ4v) is 3.95. The molecule has 10 nitrogen and oxygen atoms in total. The summed E-state index contributed by atoms with van der Waals surface area (Å²) >= 11 is 12.2. The molecule has 0 spiro atoms. The summed E-state index contributed by atoms with van der Waals surface area (Å²) in [4.78, 5) is 44.6. The van der Waals surface area contributed by atoms with Crippen molar-refractivity contribution in [3.63, 3.8) is 0 Å². The maximum atomic E-state index is 12.6. The number of carbonyl (C=O) groups is 3. The minimum absolute atomic E-state index is 0.0200. The summed E-state index contributed by atoms with van der Waals surface area (Å²) in [5, 5.41) is 13.1. The number of pyridine rings is 1. The van der Waals surface area contributed by atoms with Crippen molar-refractivity contribution in [3.05, 3.63) is 39.3 Å². The van der Waals surface area contributed by atoms with Gasteiger partial charge >= 0.3 is 11.9 Å². The van der Waals surface area contributed by atoms with Gasteiger partial charge in [-0.25, -0.2) is 9.78 Å². The highest BCUT2D eigenvalue weighted by atomic mass is 35.5. The number of aromatic nitrogens is 2. The lowest BCUT2D eigenvalue weighted by Crippen LogP contribution is -2.45. The van der Waals surface area contributed by atoms with E-state index in [4.69, 9.17) is 32.7 Å². The third-order valence-corrected chi connectivity index (χ3v) is 6.36. The number of nitrogens with zero attached hydrogens (tertiary/aromatic N) is 2. The Labute approximate surface area is 206 Å². The molecule has 0 saturated carbocycles. The number of aryl methyl sites for hydroxylation is 1. The van der Waals surface area contributed by atoms with Gasteiger partial charge in [0.15, 0.2) is 5.75 Å². The molecule has 3 heterocycles. The van der Waals surface area contributed by atoms with Crippen molar-refractivity contribution in [1.29, 1.82) is 0 Å². The topological polar surface area (TPSA) is 134 Å². The summed E-state index contributed by atoms with van der Waals surface area (Å²) in [6.07, 6.45) is 2.89. The molecule has 34 heavy (non-hydrogen) atoms. The summed E-state index contributed by atoms with van der Waals surface area (Å²) in [5.41, 5.74) is 0.830. The number of H-pyrrole nitrogens is 1. The van der Waals surface area contributed by atoms with Gasteiger partial charge in [0.05, 0.1) is 16.2 Å². The number of rotatable bonds is 9. The van der Waals surface area contributed by atoms with Crippen molar-refractivity contribution in [2.75, 3.05) is 31.2 Å². The monoisotopic (exact) mass is 512 g/mol. The molecule has 0 radical (unpaired) electrons. The molecule has 0 aromatic carbocycles. The Bertz CT molecular complexity index is 1070. The molecule has 12 heteroatoms. The molecular formula is C22H26Cl2N4O6. The van der Waals surface area contributed by atoms with Gasteiger partial charge in [-0.05, 0) is 25.8 Å². The quantitative estimate of drug-likeness (QED) is 0.343.